The van der Waals surface area contributed by atoms with Gasteiger partial charge in [0.2, 0.25) is 11.8 Å². The van der Waals surface area contributed by atoms with Gasteiger partial charge in [0.25, 0.3) is 0 Å². The van der Waals surface area contributed by atoms with Gasteiger partial charge in [-0.1, -0.05) is 43.8 Å². The highest BCUT2D eigenvalue weighted by Crippen LogP contribution is 2.24. The predicted octanol–water partition coefficient (Wildman–Crippen LogP) is 4.03. The van der Waals surface area contributed by atoms with Crippen LogP contribution >= 0.6 is 11.8 Å². The van der Waals surface area contributed by atoms with Crippen molar-refractivity contribution in [3.8, 4) is 5.69 Å². The Morgan fingerprint density at radius 3 is 2.85 bits per heavy atom. The van der Waals surface area contributed by atoms with Crippen molar-refractivity contribution in [3.05, 3.63) is 54.2 Å². The Labute approximate surface area is 154 Å². The number of carbonyl (C=O) groups excluding carboxylic acids is 1. The number of nitrogens with zero attached hydrogens (tertiary/aromatic N) is 3. The van der Waals surface area contributed by atoms with Gasteiger partial charge in [0.1, 0.15) is 5.82 Å². The van der Waals surface area contributed by atoms with Crippen LogP contribution in [0.15, 0.2) is 52.4 Å². The summed E-state index contributed by atoms with van der Waals surface area (Å²) in [7, 11) is 0. The van der Waals surface area contributed by atoms with E-state index in [1.807, 2.05) is 20.8 Å². The number of halogens is 1. The maximum absolute atomic E-state index is 13.4. The number of hydrogen-bond donors (Lipinski definition) is 1. The van der Waals surface area contributed by atoms with Crippen molar-refractivity contribution in [2.45, 2.75) is 31.3 Å². The Morgan fingerprint density at radius 1 is 1.35 bits per heavy atom. The van der Waals surface area contributed by atoms with E-state index < -0.39 is 0 Å². The topological polar surface area (TPSA) is 73.0 Å². The van der Waals surface area contributed by atoms with Gasteiger partial charge in [-0.25, -0.2) is 9.37 Å². The Hall–Kier alpha value is -2.61. The molecular weight excluding hydrogens is 355 g/mol. The average molecular weight is 374 g/mol. The van der Waals surface area contributed by atoms with Crippen LogP contribution in [-0.4, -0.2) is 26.4 Å². The summed E-state index contributed by atoms with van der Waals surface area (Å²) in [5, 5.41) is 7.24. The van der Waals surface area contributed by atoms with Crippen molar-refractivity contribution in [2.24, 2.45) is 0 Å². The van der Waals surface area contributed by atoms with E-state index in [0.29, 0.717) is 16.7 Å². The summed E-state index contributed by atoms with van der Waals surface area (Å²) in [6.07, 6.45) is 3.33. The molecule has 3 aromatic rings. The molecule has 0 aliphatic rings. The molecule has 2 aromatic heterocycles. The van der Waals surface area contributed by atoms with E-state index in [4.69, 9.17) is 4.52 Å². The SMILES string of the molecule is CC(C)(C)c1cc(NC(=O)CSc2nccn2-c2cccc(F)c2)on1. The number of benzene rings is 1. The average Bonchev–Trinajstić information content (AvgIpc) is 3.21. The van der Waals surface area contributed by atoms with Gasteiger partial charge in [0, 0.05) is 23.9 Å². The number of nitrogens with one attached hydrogen (secondary N) is 1. The van der Waals surface area contributed by atoms with Gasteiger partial charge in [-0.15, -0.1) is 0 Å². The van der Waals surface area contributed by atoms with Crippen molar-refractivity contribution in [3.63, 3.8) is 0 Å². The number of imidazole rings is 1. The van der Waals surface area contributed by atoms with Gasteiger partial charge in [-0.2, -0.15) is 0 Å². The lowest BCUT2D eigenvalue weighted by Gasteiger charge is -2.12. The zero-order valence-corrected chi connectivity index (χ0v) is 15.5. The maximum Gasteiger partial charge on any atom is 0.237 e. The number of carbonyl (C=O) groups is 1. The summed E-state index contributed by atoms with van der Waals surface area (Å²) < 4.78 is 20.3. The number of aromatic nitrogens is 3. The molecule has 0 saturated heterocycles. The van der Waals surface area contributed by atoms with E-state index in [1.165, 1.54) is 23.9 Å². The van der Waals surface area contributed by atoms with E-state index in [1.54, 1.807) is 35.2 Å². The van der Waals surface area contributed by atoms with Crippen LogP contribution in [0.4, 0.5) is 10.3 Å². The lowest BCUT2D eigenvalue weighted by atomic mass is 9.92. The fraction of sp³-hybridized carbons (Fsp3) is 0.278. The first-order valence-corrected chi connectivity index (χ1v) is 9.00. The van der Waals surface area contributed by atoms with Crippen LogP contribution in [0.1, 0.15) is 26.5 Å². The van der Waals surface area contributed by atoms with Crippen molar-refractivity contribution < 1.29 is 13.7 Å². The smallest absolute Gasteiger partial charge is 0.237 e. The first-order valence-electron chi connectivity index (χ1n) is 8.02. The molecule has 8 heteroatoms. The highest BCUT2D eigenvalue weighted by atomic mass is 32.2. The highest BCUT2D eigenvalue weighted by molar-refractivity contribution is 7.99. The molecule has 0 aliphatic carbocycles. The quantitative estimate of drug-likeness (QED) is 0.683. The van der Waals surface area contributed by atoms with Gasteiger partial charge in [0.05, 0.1) is 17.1 Å². The second-order valence-corrected chi connectivity index (χ2v) is 7.67. The standard InChI is InChI=1S/C18H19FN4O2S/c1-18(2,3)14-10-16(25-22-14)21-15(24)11-26-17-20-7-8-23(17)13-6-4-5-12(19)9-13/h4-10H,11H2,1-3H3,(H,21,24). The molecule has 3 rings (SSSR count). The van der Waals surface area contributed by atoms with Gasteiger partial charge in [-0.05, 0) is 18.2 Å². The molecule has 0 atom stereocenters. The molecular formula is C18H19FN4O2S. The molecule has 0 radical (unpaired) electrons. The van der Waals surface area contributed by atoms with E-state index in [0.717, 1.165) is 5.69 Å². The summed E-state index contributed by atoms with van der Waals surface area (Å²) in [5.41, 5.74) is 1.26. The minimum atomic E-state index is -0.329. The van der Waals surface area contributed by atoms with Gasteiger partial charge >= 0.3 is 0 Å². The largest absolute Gasteiger partial charge is 0.338 e. The Morgan fingerprint density at radius 2 is 2.15 bits per heavy atom. The van der Waals surface area contributed by atoms with Crippen LogP contribution in [-0.2, 0) is 10.2 Å². The van der Waals surface area contributed by atoms with E-state index in [-0.39, 0.29) is 22.9 Å². The third kappa shape index (κ3) is 4.32. The van der Waals surface area contributed by atoms with E-state index in [9.17, 15) is 9.18 Å². The van der Waals surface area contributed by atoms with Crippen molar-refractivity contribution in [1.29, 1.82) is 0 Å². The molecule has 136 valence electrons. The number of amides is 1. The molecule has 2 heterocycles. The summed E-state index contributed by atoms with van der Waals surface area (Å²) >= 11 is 1.25. The minimum absolute atomic E-state index is 0.137. The number of rotatable bonds is 5. The fourth-order valence-electron chi connectivity index (χ4n) is 2.21. The zero-order valence-electron chi connectivity index (χ0n) is 14.7. The van der Waals surface area contributed by atoms with Gasteiger partial charge in [-0.3, -0.25) is 14.7 Å². The van der Waals surface area contributed by atoms with Gasteiger partial charge < -0.3 is 4.52 Å². The van der Waals surface area contributed by atoms with Gasteiger partial charge in [0.15, 0.2) is 5.16 Å². The number of hydrogen-bond acceptors (Lipinski definition) is 5. The monoisotopic (exact) mass is 374 g/mol. The minimum Gasteiger partial charge on any atom is -0.338 e. The molecule has 0 bridgehead atoms. The Kier molecular flexibility index (Phi) is 5.13. The molecule has 0 unspecified atom stereocenters. The van der Waals surface area contributed by atoms with Crippen LogP contribution in [0.5, 0.6) is 0 Å². The molecule has 1 N–H and O–H groups in total. The molecule has 26 heavy (non-hydrogen) atoms. The first-order chi connectivity index (χ1) is 12.3. The predicted molar refractivity (Wildman–Crippen MR) is 98.1 cm³/mol. The van der Waals surface area contributed by atoms with Crippen LogP contribution < -0.4 is 5.32 Å². The fourth-order valence-corrected chi connectivity index (χ4v) is 2.98. The molecule has 6 nitrogen and oxygen atoms in total. The maximum atomic E-state index is 13.4. The third-order valence-electron chi connectivity index (χ3n) is 3.57. The summed E-state index contributed by atoms with van der Waals surface area (Å²) in [6.45, 7) is 6.04. The molecule has 1 aromatic carbocycles. The second-order valence-electron chi connectivity index (χ2n) is 6.72. The Bertz CT molecular complexity index is 914. The summed E-state index contributed by atoms with van der Waals surface area (Å²) in [4.78, 5) is 16.4. The van der Waals surface area contributed by atoms with E-state index >= 15 is 0 Å². The molecule has 0 fully saturated rings. The summed E-state index contributed by atoms with van der Waals surface area (Å²) in [5.74, 6) is -0.114. The van der Waals surface area contributed by atoms with Crippen molar-refractivity contribution in [1.82, 2.24) is 14.7 Å². The third-order valence-corrected chi connectivity index (χ3v) is 4.53. The Balaban J connectivity index is 1.62. The highest BCUT2D eigenvalue weighted by Gasteiger charge is 2.20. The summed E-state index contributed by atoms with van der Waals surface area (Å²) in [6, 6.07) is 7.91. The van der Waals surface area contributed by atoms with Crippen LogP contribution in [0.25, 0.3) is 5.69 Å². The molecule has 0 saturated carbocycles. The normalized spacial score (nSPS) is 11.5. The van der Waals surface area contributed by atoms with Crippen molar-refractivity contribution in [2.75, 3.05) is 11.1 Å². The van der Waals surface area contributed by atoms with Crippen LogP contribution in [0.3, 0.4) is 0 Å². The first kappa shape index (κ1) is 18.2. The number of thioether (sulfide) groups is 1. The molecule has 0 spiro atoms. The van der Waals surface area contributed by atoms with Crippen LogP contribution in [0, 0.1) is 5.82 Å². The second kappa shape index (κ2) is 7.33. The van der Waals surface area contributed by atoms with Crippen LogP contribution in [0.2, 0.25) is 0 Å². The van der Waals surface area contributed by atoms with Crippen molar-refractivity contribution >= 4 is 23.6 Å². The lowest BCUT2D eigenvalue weighted by molar-refractivity contribution is -0.113. The molecule has 0 aliphatic heterocycles. The van der Waals surface area contributed by atoms with E-state index in [2.05, 4.69) is 15.5 Å². The zero-order chi connectivity index (χ0) is 18.7. The lowest BCUT2D eigenvalue weighted by Crippen LogP contribution is -2.14. The molecule has 1 amide bonds. The number of anilines is 1.